The lowest BCUT2D eigenvalue weighted by molar-refractivity contribution is -0.133. The van der Waals surface area contributed by atoms with Gasteiger partial charge in [0.05, 0.1) is 6.04 Å². The van der Waals surface area contributed by atoms with Gasteiger partial charge >= 0.3 is 0 Å². The van der Waals surface area contributed by atoms with Gasteiger partial charge < -0.3 is 10.2 Å². The van der Waals surface area contributed by atoms with Gasteiger partial charge in [-0.25, -0.2) is 0 Å². The Morgan fingerprint density at radius 3 is 2.74 bits per heavy atom. The van der Waals surface area contributed by atoms with Crippen molar-refractivity contribution < 1.29 is 4.79 Å². The highest BCUT2D eigenvalue weighted by atomic mass is 16.2. The monoisotopic (exact) mass is 258 g/mol. The number of piperidine rings is 1. The van der Waals surface area contributed by atoms with E-state index in [4.69, 9.17) is 0 Å². The van der Waals surface area contributed by atoms with Crippen LogP contribution >= 0.6 is 0 Å². The molecule has 0 spiro atoms. The van der Waals surface area contributed by atoms with E-state index >= 15 is 0 Å². The topological polar surface area (TPSA) is 32.3 Å². The van der Waals surface area contributed by atoms with Crippen molar-refractivity contribution in [2.75, 3.05) is 19.6 Å². The highest BCUT2D eigenvalue weighted by Gasteiger charge is 2.31. The smallest absolute Gasteiger partial charge is 0.239 e. The van der Waals surface area contributed by atoms with E-state index in [2.05, 4.69) is 34.5 Å². The number of nitrogens with one attached hydrogen (secondary N) is 1. The predicted molar refractivity (Wildman–Crippen MR) is 76.0 cm³/mol. The van der Waals surface area contributed by atoms with Crippen LogP contribution in [0, 0.1) is 0 Å². The van der Waals surface area contributed by atoms with Crippen LogP contribution in [0.1, 0.15) is 37.2 Å². The van der Waals surface area contributed by atoms with E-state index in [-0.39, 0.29) is 6.04 Å². The number of nitrogens with zero attached hydrogens (tertiary/aromatic N) is 1. The largest absolute Gasteiger partial charge is 0.341 e. The summed E-state index contributed by atoms with van der Waals surface area (Å²) < 4.78 is 0. The predicted octanol–water partition coefficient (Wildman–Crippen LogP) is 2.14. The molecule has 2 unspecified atom stereocenters. The molecule has 0 bridgehead atoms. The van der Waals surface area contributed by atoms with Crippen molar-refractivity contribution >= 4 is 5.91 Å². The van der Waals surface area contributed by atoms with Crippen molar-refractivity contribution in [3.8, 4) is 0 Å². The molecule has 102 valence electrons. The fourth-order valence-electron chi connectivity index (χ4n) is 3.24. The van der Waals surface area contributed by atoms with Crippen molar-refractivity contribution in [2.45, 2.75) is 37.6 Å². The summed E-state index contributed by atoms with van der Waals surface area (Å²) >= 11 is 0. The zero-order valence-electron chi connectivity index (χ0n) is 11.3. The molecule has 19 heavy (non-hydrogen) atoms. The molecule has 2 fully saturated rings. The zero-order chi connectivity index (χ0) is 13.1. The van der Waals surface area contributed by atoms with Crippen molar-refractivity contribution in [3.05, 3.63) is 35.9 Å². The van der Waals surface area contributed by atoms with E-state index < -0.39 is 0 Å². The number of carbonyl (C=O) groups excluding carboxylic acids is 1. The van der Waals surface area contributed by atoms with E-state index in [1.54, 1.807) is 0 Å². The Hall–Kier alpha value is -1.35. The lowest BCUT2D eigenvalue weighted by Gasteiger charge is -2.27. The third kappa shape index (κ3) is 2.81. The highest BCUT2D eigenvalue weighted by molar-refractivity contribution is 5.82. The van der Waals surface area contributed by atoms with Gasteiger partial charge in [0, 0.05) is 19.0 Å². The first-order valence-corrected chi connectivity index (χ1v) is 7.42. The average molecular weight is 258 g/mol. The molecule has 2 aliphatic heterocycles. The first-order chi connectivity index (χ1) is 9.34. The van der Waals surface area contributed by atoms with Crippen LogP contribution in [0.4, 0.5) is 0 Å². The van der Waals surface area contributed by atoms with Crippen LogP contribution in [0.5, 0.6) is 0 Å². The molecule has 0 saturated carbocycles. The maximum Gasteiger partial charge on any atom is 0.239 e. The summed E-state index contributed by atoms with van der Waals surface area (Å²) in [4.78, 5) is 14.5. The van der Waals surface area contributed by atoms with Crippen LogP contribution in [0.3, 0.4) is 0 Å². The van der Waals surface area contributed by atoms with Gasteiger partial charge in [-0.1, -0.05) is 36.8 Å². The van der Waals surface area contributed by atoms with Crippen LogP contribution in [-0.4, -0.2) is 36.5 Å². The second-order valence-electron chi connectivity index (χ2n) is 5.68. The quantitative estimate of drug-likeness (QED) is 0.881. The van der Waals surface area contributed by atoms with Gasteiger partial charge in [-0.15, -0.1) is 0 Å². The maximum atomic E-state index is 12.4. The lowest BCUT2D eigenvalue weighted by Crippen LogP contribution is -2.47. The summed E-state index contributed by atoms with van der Waals surface area (Å²) in [7, 11) is 0. The third-order valence-corrected chi connectivity index (χ3v) is 4.38. The Morgan fingerprint density at radius 2 is 2.00 bits per heavy atom. The second kappa shape index (κ2) is 5.74. The number of hydrogen-bond donors (Lipinski definition) is 1. The molecule has 2 atom stereocenters. The minimum absolute atomic E-state index is 0.0725. The van der Waals surface area contributed by atoms with Crippen LogP contribution in [-0.2, 0) is 4.79 Å². The Labute approximate surface area is 115 Å². The first-order valence-electron chi connectivity index (χ1n) is 7.42. The van der Waals surface area contributed by atoms with Crippen LogP contribution in [0.25, 0.3) is 0 Å². The van der Waals surface area contributed by atoms with Gasteiger partial charge in [-0.05, 0) is 31.4 Å². The standard InChI is InChI=1S/C16H22N2O/c19-16(15-8-4-5-10-17-15)18-11-9-14(12-18)13-6-2-1-3-7-13/h1-3,6-7,14-15,17H,4-5,8-12H2. The van der Waals surface area contributed by atoms with Crippen molar-refractivity contribution in [3.63, 3.8) is 0 Å². The molecule has 2 saturated heterocycles. The van der Waals surface area contributed by atoms with E-state index in [0.717, 1.165) is 32.5 Å². The van der Waals surface area contributed by atoms with Crippen LogP contribution in [0.2, 0.25) is 0 Å². The van der Waals surface area contributed by atoms with Crippen LogP contribution in [0.15, 0.2) is 30.3 Å². The molecule has 1 aromatic carbocycles. The summed E-state index contributed by atoms with van der Waals surface area (Å²) in [5, 5.41) is 3.36. The molecular formula is C16H22N2O. The summed E-state index contributed by atoms with van der Waals surface area (Å²) in [5.74, 6) is 0.840. The van der Waals surface area contributed by atoms with E-state index in [1.807, 2.05) is 6.07 Å². The number of rotatable bonds is 2. The van der Waals surface area contributed by atoms with Gasteiger partial charge in [0.1, 0.15) is 0 Å². The normalized spacial score (nSPS) is 27.5. The van der Waals surface area contributed by atoms with E-state index in [1.165, 1.54) is 18.4 Å². The number of carbonyl (C=O) groups is 1. The maximum absolute atomic E-state index is 12.4. The van der Waals surface area contributed by atoms with Crippen molar-refractivity contribution in [1.29, 1.82) is 0 Å². The fourth-order valence-corrected chi connectivity index (χ4v) is 3.24. The van der Waals surface area contributed by atoms with Gasteiger partial charge in [0.15, 0.2) is 0 Å². The van der Waals surface area contributed by atoms with Gasteiger partial charge in [-0.3, -0.25) is 4.79 Å². The third-order valence-electron chi connectivity index (χ3n) is 4.38. The molecule has 0 aromatic heterocycles. The molecular weight excluding hydrogens is 236 g/mol. The highest BCUT2D eigenvalue weighted by Crippen LogP contribution is 2.27. The molecule has 2 heterocycles. The van der Waals surface area contributed by atoms with Gasteiger partial charge in [0.25, 0.3) is 0 Å². The van der Waals surface area contributed by atoms with Gasteiger partial charge in [0.2, 0.25) is 5.91 Å². The molecule has 2 aliphatic rings. The molecule has 1 amide bonds. The molecule has 3 nitrogen and oxygen atoms in total. The average Bonchev–Trinajstić information content (AvgIpc) is 2.98. The molecule has 3 rings (SSSR count). The number of likely N-dealkylation sites (tertiary alicyclic amines) is 1. The minimum Gasteiger partial charge on any atom is -0.341 e. The van der Waals surface area contributed by atoms with Crippen LogP contribution < -0.4 is 5.32 Å². The Morgan fingerprint density at radius 1 is 1.16 bits per heavy atom. The lowest BCUT2D eigenvalue weighted by atomic mass is 9.99. The summed E-state index contributed by atoms with van der Waals surface area (Å²) in [6, 6.07) is 10.6. The summed E-state index contributed by atoms with van der Waals surface area (Å²) in [6.07, 6.45) is 4.49. The Balaban J connectivity index is 1.61. The number of benzene rings is 1. The zero-order valence-corrected chi connectivity index (χ0v) is 11.3. The van der Waals surface area contributed by atoms with Crippen molar-refractivity contribution in [2.24, 2.45) is 0 Å². The van der Waals surface area contributed by atoms with Gasteiger partial charge in [-0.2, -0.15) is 0 Å². The second-order valence-corrected chi connectivity index (χ2v) is 5.68. The summed E-state index contributed by atoms with van der Waals surface area (Å²) in [5.41, 5.74) is 1.37. The van der Waals surface area contributed by atoms with E-state index in [0.29, 0.717) is 11.8 Å². The first kappa shape index (κ1) is 12.7. The Bertz CT molecular complexity index is 426. The SMILES string of the molecule is O=C(C1CCCCN1)N1CCC(c2ccccc2)C1. The molecule has 3 heteroatoms. The molecule has 0 radical (unpaired) electrons. The van der Waals surface area contributed by atoms with E-state index in [9.17, 15) is 4.79 Å². The number of hydrogen-bond acceptors (Lipinski definition) is 2. The van der Waals surface area contributed by atoms with Crippen molar-refractivity contribution in [1.82, 2.24) is 10.2 Å². The fraction of sp³-hybridized carbons (Fsp3) is 0.562. The minimum atomic E-state index is 0.0725. The summed E-state index contributed by atoms with van der Waals surface area (Å²) in [6.45, 7) is 2.80. The number of amides is 1. The molecule has 0 aliphatic carbocycles. The molecule has 1 N–H and O–H groups in total. The molecule has 1 aromatic rings. The Kier molecular flexibility index (Phi) is 3.83.